The molecule has 0 aromatic rings. The molecule has 0 fully saturated rings. The van der Waals surface area contributed by atoms with Gasteiger partial charge < -0.3 is 33.8 Å². The number of hydrogen-bond donors (Lipinski definition) is 3. The van der Waals surface area contributed by atoms with E-state index in [4.69, 9.17) is 37.0 Å². The van der Waals surface area contributed by atoms with Crippen molar-refractivity contribution in [2.24, 2.45) is 17.8 Å². The second kappa shape index (κ2) is 56.3. The smallest absolute Gasteiger partial charge is 0.462 e. The molecular formula is C65H126O17P2. The number of unbranched alkanes of at least 4 members (excludes halogenated alkanes) is 31. The number of phosphoric acid groups is 2. The predicted molar refractivity (Wildman–Crippen MR) is 335 cm³/mol. The van der Waals surface area contributed by atoms with Crippen LogP contribution in [0.5, 0.6) is 0 Å². The van der Waals surface area contributed by atoms with Crippen molar-refractivity contribution >= 4 is 39.5 Å². The summed E-state index contributed by atoms with van der Waals surface area (Å²) >= 11 is 0. The number of aliphatic hydroxyl groups excluding tert-OH is 1. The van der Waals surface area contributed by atoms with E-state index in [-0.39, 0.29) is 25.7 Å². The van der Waals surface area contributed by atoms with Gasteiger partial charge in [0, 0.05) is 25.7 Å². The van der Waals surface area contributed by atoms with Crippen molar-refractivity contribution in [3.63, 3.8) is 0 Å². The summed E-state index contributed by atoms with van der Waals surface area (Å²) in [6, 6.07) is 0. The first-order valence-corrected chi connectivity index (χ1v) is 36.8. The summed E-state index contributed by atoms with van der Waals surface area (Å²) < 4.78 is 67.9. The van der Waals surface area contributed by atoms with Crippen LogP contribution in [0, 0.1) is 17.8 Å². The summed E-state index contributed by atoms with van der Waals surface area (Å²) in [5.41, 5.74) is 0. The van der Waals surface area contributed by atoms with Crippen LogP contribution >= 0.6 is 15.6 Å². The number of aliphatic hydroxyl groups is 1. The molecule has 498 valence electrons. The van der Waals surface area contributed by atoms with Crippen LogP contribution in [0.25, 0.3) is 0 Å². The molecule has 0 bridgehead atoms. The van der Waals surface area contributed by atoms with Gasteiger partial charge in [0.25, 0.3) is 0 Å². The van der Waals surface area contributed by atoms with E-state index in [1.807, 2.05) is 0 Å². The van der Waals surface area contributed by atoms with E-state index in [0.717, 1.165) is 102 Å². The second-order valence-electron chi connectivity index (χ2n) is 24.9. The topological polar surface area (TPSA) is 237 Å². The number of phosphoric ester groups is 2. The van der Waals surface area contributed by atoms with Gasteiger partial charge >= 0.3 is 39.5 Å². The second-order valence-corrected chi connectivity index (χ2v) is 27.8. The van der Waals surface area contributed by atoms with Gasteiger partial charge in [0.15, 0.2) is 12.2 Å². The fraction of sp³-hybridized carbons (Fsp3) is 0.938. The highest BCUT2D eigenvalue weighted by atomic mass is 31.2. The van der Waals surface area contributed by atoms with Crippen molar-refractivity contribution in [2.45, 2.75) is 336 Å². The molecule has 0 saturated carbocycles. The minimum Gasteiger partial charge on any atom is -0.462 e. The van der Waals surface area contributed by atoms with Crippen LogP contribution in [0.4, 0.5) is 0 Å². The van der Waals surface area contributed by atoms with Crippen LogP contribution in [0.1, 0.15) is 318 Å². The monoisotopic (exact) mass is 1240 g/mol. The molecule has 19 heteroatoms. The molecule has 0 aliphatic rings. The molecule has 5 atom stereocenters. The third-order valence-corrected chi connectivity index (χ3v) is 16.8. The van der Waals surface area contributed by atoms with Crippen LogP contribution in [0.15, 0.2) is 0 Å². The Morgan fingerprint density at radius 1 is 0.321 bits per heavy atom. The zero-order valence-electron chi connectivity index (χ0n) is 54.4. The summed E-state index contributed by atoms with van der Waals surface area (Å²) in [6.07, 6.45) is 37.9. The van der Waals surface area contributed by atoms with E-state index < -0.39 is 97.5 Å². The normalized spacial score (nSPS) is 14.3. The maximum Gasteiger partial charge on any atom is 0.472 e. The Hall–Kier alpha value is -1.94. The number of ether oxygens (including phenoxy) is 4. The minimum absolute atomic E-state index is 0.102. The highest BCUT2D eigenvalue weighted by molar-refractivity contribution is 7.47. The predicted octanol–water partition coefficient (Wildman–Crippen LogP) is 17.9. The lowest BCUT2D eigenvalue weighted by atomic mass is 10.0. The number of esters is 4. The fourth-order valence-electron chi connectivity index (χ4n) is 9.66. The Morgan fingerprint density at radius 2 is 0.548 bits per heavy atom. The molecule has 0 aliphatic heterocycles. The number of carbonyl (C=O) groups excluding carboxylic acids is 4. The number of rotatable bonds is 63. The lowest BCUT2D eigenvalue weighted by Crippen LogP contribution is -2.30. The van der Waals surface area contributed by atoms with E-state index >= 15 is 0 Å². The van der Waals surface area contributed by atoms with Crippen molar-refractivity contribution in [2.75, 3.05) is 39.6 Å². The Labute approximate surface area is 511 Å². The van der Waals surface area contributed by atoms with Gasteiger partial charge in [-0.3, -0.25) is 37.3 Å². The van der Waals surface area contributed by atoms with E-state index in [2.05, 4.69) is 48.5 Å². The first-order chi connectivity index (χ1) is 40.2. The highest BCUT2D eigenvalue weighted by Crippen LogP contribution is 2.45. The van der Waals surface area contributed by atoms with Crippen LogP contribution in [-0.4, -0.2) is 96.7 Å². The van der Waals surface area contributed by atoms with Gasteiger partial charge in [-0.2, -0.15) is 0 Å². The Bertz CT molecular complexity index is 1660. The van der Waals surface area contributed by atoms with Crippen LogP contribution in [-0.2, 0) is 65.4 Å². The summed E-state index contributed by atoms with van der Waals surface area (Å²) in [6.45, 7) is 11.6. The van der Waals surface area contributed by atoms with Crippen molar-refractivity contribution in [1.29, 1.82) is 0 Å². The lowest BCUT2D eigenvalue weighted by Gasteiger charge is -2.21. The Kier molecular flexibility index (Phi) is 55.0. The van der Waals surface area contributed by atoms with E-state index in [9.17, 15) is 43.2 Å². The fourth-order valence-corrected chi connectivity index (χ4v) is 11.2. The average Bonchev–Trinajstić information content (AvgIpc) is 3.48. The zero-order valence-corrected chi connectivity index (χ0v) is 56.1. The molecule has 0 spiro atoms. The zero-order chi connectivity index (χ0) is 62.4. The first kappa shape index (κ1) is 82.1. The van der Waals surface area contributed by atoms with Crippen molar-refractivity contribution < 1.29 is 80.2 Å². The van der Waals surface area contributed by atoms with Crippen molar-refractivity contribution in [3.8, 4) is 0 Å². The third kappa shape index (κ3) is 59.0. The summed E-state index contributed by atoms with van der Waals surface area (Å²) in [4.78, 5) is 72.1. The standard InChI is InChI=1S/C65H126O17P2/c1-8-9-10-11-12-19-23-32-39-46-62(67)75-52-61(82-65(70)49-42-35-28-26-31-38-45-58(6)7)55-80-84(73,74)78-51-59(66)50-77-83(71,72)79-54-60(53-76-63(68)47-40-33-27-25-30-37-44-57(4)5)81-64(69)48-41-34-24-21-18-16-14-13-15-17-20-22-29-36-43-56(2)3/h56-61,66H,8-55H2,1-7H3,(H,71,72)(H,73,74)/t59-,60-,61-/m1/s1. The maximum absolute atomic E-state index is 13.0. The minimum atomic E-state index is -4.95. The first-order valence-electron chi connectivity index (χ1n) is 33.8. The maximum atomic E-state index is 13.0. The van der Waals surface area contributed by atoms with Crippen LogP contribution < -0.4 is 0 Å². The molecule has 0 amide bonds. The molecule has 0 rings (SSSR count). The summed E-state index contributed by atoms with van der Waals surface area (Å²) in [7, 11) is -9.89. The molecule has 0 saturated heterocycles. The van der Waals surface area contributed by atoms with Gasteiger partial charge in [-0.05, 0) is 43.4 Å². The van der Waals surface area contributed by atoms with Crippen molar-refractivity contribution in [1.82, 2.24) is 0 Å². The lowest BCUT2D eigenvalue weighted by molar-refractivity contribution is -0.161. The Balaban J connectivity index is 5.18. The molecule has 0 heterocycles. The molecule has 0 aliphatic carbocycles. The molecule has 17 nitrogen and oxygen atoms in total. The van der Waals surface area contributed by atoms with Gasteiger partial charge in [-0.25, -0.2) is 9.13 Å². The molecular weight excluding hydrogens is 1110 g/mol. The summed E-state index contributed by atoms with van der Waals surface area (Å²) in [5, 5.41) is 10.5. The molecule has 0 aromatic heterocycles. The van der Waals surface area contributed by atoms with Crippen molar-refractivity contribution in [3.05, 3.63) is 0 Å². The van der Waals surface area contributed by atoms with E-state index in [1.54, 1.807) is 0 Å². The molecule has 3 N–H and O–H groups in total. The quantitative estimate of drug-likeness (QED) is 0.0222. The average molecular weight is 1240 g/mol. The molecule has 84 heavy (non-hydrogen) atoms. The van der Waals surface area contributed by atoms with Gasteiger partial charge in [0.05, 0.1) is 26.4 Å². The van der Waals surface area contributed by atoms with Crippen LogP contribution in [0.3, 0.4) is 0 Å². The Morgan fingerprint density at radius 3 is 0.810 bits per heavy atom. The van der Waals surface area contributed by atoms with Gasteiger partial charge in [0.1, 0.15) is 19.3 Å². The van der Waals surface area contributed by atoms with Gasteiger partial charge in [0.2, 0.25) is 0 Å². The summed E-state index contributed by atoms with van der Waals surface area (Å²) in [5.74, 6) is 0.00309. The largest absolute Gasteiger partial charge is 0.472 e. The number of carbonyl (C=O) groups is 4. The number of hydrogen-bond acceptors (Lipinski definition) is 15. The molecule has 2 unspecified atom stereocenters. The molecule has 0 aromatic carbocycles. The van der Waals surface area contributed by atoms with Gasteiger partial charge in [-0.15, -0.1) is 0 Å². The van der Waals surface area contributed by atoms with E-state index in [1.165, 1.54) is 122 Å². The van der Waals surface area contributed by atoms with E-state index in [0.29, 0.717) is 37.5 Å². The van der Waals surface area contributed by atoms with Crippen LogP contribution in [0.2, 0.25) is 0 Å². The molecule has 0 radical (unpaired) electrons. The van der Waals surface area contributed by atoms with Gasteiger partial charge in [-0.1, -0.05) is 267 Å². The highest BCUT2D eigenvalue weighted by Gasteiger charge is 2.30. The SMILES string of the molecule is CCCCCCCCCCCC(=O)OC[C@H](COP(=O)(O)OC[C@H](O)COP(=O)(O)OC[C@@H](COC(=O)CCCCCCCCC(C)C)OC(=O)CCCCCCCCCCCCCCCCC(C)C)OC(=O)CCCCCCCCC(C)C. The third-order valence-electron chi connectivity index (χ3n) is 14.9.